The maximum atomic E-state index is 9.05. The molecule has 1 aliphatic heterocycles. The highest BCUT2D eigenvalue weighted by Crippen LogP contribution is 2.41. The molecule has 4 nitrogen and oxygen atoms in total. The van der Waals surface area contributed by atoms with Gasteiger partial charge >= 0.3 is 0 Å². The fourth-order valence-electron chi connectivity index (χ4n) is 1.42. The molecule has 0 radical (unpaired) electrons. The van der Waals surface area contributed by atoms with Crippen molar-refractivity contribution in [3.8, 4) is 0 Å². The molecule has 84 valence electrons. The molecule has 0 aliphatic carbocycles. The predicted molar refractivity (Wildman–Crippen MR) is 51.8 cm³/mol. The van der Waals surface area contributed by atoms with Gasteiger partial charge in [-0.2, -0.15) is 0 Å². The van der Waals surface area contributed by atoms with Crippen LogP contribution in [-0.4, -0.2) is 41.4 Å². The van der Waals surface area contributed by atoms with E-state index in [1.165, 1.54) is 0 Å². The first-order chi connectivity index (χ1) is 6.34. The van der Waals surface area contributed by atoms with Crippen LogP contribution in [0.25, 0.3) is 0 Å². The highest BCUT2D eigenvalue weighted by Gasteiger charge is 2.50. The Labute approximate surface area is 84.8 Å². The fraction of sp³-hybridized carbons (Fsp3) is 1.00. The maximum absolute atomic E-state index is 9.05. The average molecular weight is 204 g/mol. The summed E-state index contributed by atoms with van der Waals surface area (Å²) in [5.41, 5.74) is -0.190. The Balaban J connectivity index is 2.78. The van der Waals surface area contributed by atoms with Crippen LogP contribution in [0.1, 0.15) is 27.7 Å². The van der Waals surface area contributed by atoms with Gasteiger partial charge in [-0.15, -0.1) is 0 Å². The number of aliphatic hydroxyl groups is 2. The zero-order valence-electron chi connectivity index (χ0n) is 9.28. The third kappa shape index (κ3) is 1.93. The number of hydrogen-bond donors (Lipinski definition) is 2. The Morgan fingerprint density at radius 2 is 1.43 bits per heavy atom. The number of rotatable bonds is 2. The van der Waals surface area contributed by atoms with Crippen LogP contribution in [0.3, 0.4) is 0 Å². The first-order valence-corrected chi connectivity index (χ1v) is 4.91. The third-order valence-electron chi connectivity index (χ3n) is 2.89. The van der Waals surface area contributed by atoms with Gasteiger partial charge in [0.2, 0.25) is 0 Å². The molecule has 1 heterocycles. The van der Waals surface area contributed by atoms with Crippen LogP contribution < -0.4 is 0 Å². The van der Waals surface area contributed by atoms with Crippen molar-refractivity contribution in [3.63, 3.8) is 0 Å². The average Bonchev–Trinajstić information content (AvgIpc) is 2.42. The van der Waals surface area contributed by atoms with Gasteiger partial charge in [-0.25, -0.2) is 0 Å². The molecule has 0 spiro atoms. The number of hydrogen-bond acceptors (Lipinski definition) is 4. The van der Waals surface area contributed by atoms with Crippen LogP contribution in [0, 0.1) is 5.41 Å². The van der Waals surface area contributed by atoms with E-state index in [4.69, 9.17) is 19.7 Å². The first-order valence-electron chi connectivity index (χ1n) is 4.91. The van der Waals surface area contributed by atoms with Crippen molar-refractivity contribution in [1.29, 1.82) is 0 Å². The van der Waals surface area contributed by atoms with Crippen molar-refractivity contribution in [2.24, 2.45) is 5.41 Å². The lowest BCUT2D eigenvalue weighted by molar-refractivity contribution is -0.227. The SMILES string of the molecule is CC(C)(C)C1(C)O[C@@H](CO)[C@@H](CO)O1. The fourth-order valence-corrected chi connectivity index (χ4v) is 1.42. The minimum absolute atomic E-state index is 0.128. The molecule has 0 aromatic carbocycles. The second-order valence-corrected chi connectivity index (χ2v) is 4.87. The van der Waals surface area contributed by atoms with E-state index in [-0.39, 0.29) is 18.6 Å². The van der Waals surface area contributed by atoms with Gasteiger partial charge in [0.25, 0.3) is 0 Å². The van der Waals surface area contributed by atoms with Gasteiger partial charge in [-0.3, -0.25) is 0 Å². The van der Waals surface area contributed by atoms with Gasteiger partial charge < -0.3 is 19.7 Å². The Hall–Kier alpha value is -0.160. The van der Waals surface area contributed by atoms with Crippen LogP contribution in [0.2, 0.25) is 0 Å². The number of aliphatic hydroxyl groups excluding tert-OH is 2. The van der Waals surface area contributed by atoms with Crippen molar-refractivity contribution in [3.05, 3.63) is 0 Å². The normalized spacial score (nSPS) is 39.0. The Kier molecular flexibility index (Phi) is 3.21. The lowest BCUT2D eigenvalue weighted by Gasteiger charge is -2.36. The third-order valence-corrected chi connectivity index (χ3v) is 2.89. The molecule has 0 bridgehead atoms. The lowest BCUT2D eigenvalue weighted by atomic mass is 9.87. The van der Waals surface area contributed by atoms with E-state index in [2.05, 4.69) is 0 Å². The summed E-state index contributed by atoms with van der Waals surface area (Å²) in [6.45, 7) is 7.59. The molecular weight excluding hydrogens is 184 g/mol. The van der Waals surface area contributed by atoms with Gasteiger partial charge in [0.05, 0.1) is 13.2 Å². The zero-order chi connectivity index (χ0) is 11.0. The van der Waals surface area contributed by atoms with Gasteiger partial charge in [0, 0.05) is 5.41 Å². The minimum atomic E-state index is -0.742. The lowest BCUT2D eigenvalue weighted by Crippen LogP contribution is -2.41. The van der Waals surface area contributed by atoms with E-state index in [9.17, 15) is 0 Å². The molecule has 3 atom stereocenters. The van der Waals surface area contributed by atoms with Gasteiger partial charge in [0.1, 0.15) is 12.2 Å². The van der Waals surface area contributed by atoms with Crippen LogP contribution in [0.15, 0.2) is 0 Å². The monoisotopic (exact) mass is 204 g/mol. The quantitative estimate of drug-likeness (QED) is 0.688. The minimum Gasteiger partial charge on any atom is -0.394 e. The molecule has 1 saturated heterocycles. The van der Waals surface area contributed by atoms with Crippen molar-refractivity contribution in [2.45, 2.75) is 45.7 Å². The summed E-state index contributed by atoms with van der Waals surface area (Å²) in [5.74, 6) is -0.742. The zero-order valence-corrected chi connectivity index (χ0v) is 9.28. The summed E-state index contributed by atoms with van der Waals surface area (Å²) in [6, 6.07) is 0. The van der Waals surface area contributed by atoms with E-state index >= 15 is 0 Å². The molecule has 1 fully saturated rings. The van der Waals surface area contributed by atoms with E-state index in [1.807, 2.05) is 27.7 Å². The van der Waals surface area contributed by atoms with Gasteiger partial charge in [-0.1, -0.05) is 20.8 Å². The summed E-state index contributed by atoms with van der Waals surface area (Å²) in [6.07, 6.45) is -0.853. The molecule has 4 heteroatoms. The van der Waals surface area contributed by atoms with Crippen LogP contribution >= 0.6 is 0 Å². The second kappa shape index (κ2) is 3.77. The Bertz CT molecular complexity index is 185. The standard InChI is InChI=1S/C10H20O4/c1-9(2,3)10(4)13-7(5-11)8(6-12)14-10/h7-8,11-12H,5-6H2,1-4H3/t7-,8+,10?. The molecule has 0 saturated carbocycles. The summed E-state index contributed by atoms with van der Waals surface area (Å²) in [7, 11) is 0. The van der Waals surface area contributed by atoms with E-state index in [0.29, 0.717) is 0 Å². The molecule has 14 heavy (non-hydrogen) atoms. The van der Waals surface area contributed by atoms with Crippen LogP contribution in [0.4, 0.5) is 0 Å². The molecule has 1 rings (SSSR count). The van der Waals surface area contributed by atoms with Crippen molar-refractivity contribution in [2.75, 3.05) is 13.2 Å². The highest BCUT2D eigenvalue weighted by atomic mass is 16.8. The van der Waals surface area contributed by atoms with Crippen LogP contribution in [-0.2, 0) is 9.47 Å². The number of ether oxygens (including phenoxy) is 2. The molecule has 2 N–H and O–H groups in total. The van der Waals surface area contributed by atoms with E-state index in [0.717, 1.165) is 0 Å². The molecule has 0 aromatic heterocycles. The Morgan fingerprint density at radius 3 is 1.64 bits per heavy atom. The summed E-state index contributed by atoms with van der Waals surface area (Å²) in [5, 5.41) is 18.1. The summed E-state index contributed by atoms with van der Waals surface area (Å²) >= 11 is 0. The molecule has 1 unspecified atom stereocenters. The highest BCUT2D eigenvalue weighted by molar-refractivity contribution is 4.90. The predicted octanol–water partition coefficient (Wildman–Crippen LogP) is 0.517. The topological polar surface area (TPSA) is 58.9 Å². The van der Waals surface area contributed by atoms with Crippen molar-refractivity contribution in [1.82, 2.24) is 0 Å². The van der Waals surface area contributed by atoms with Crippen molar-refractivity contribution < 1.29 is 19.7 Å². The smallest absolute Gasteiger partial charge is 0.171 e. The molecule has 0 amide bonds. The van der Waals surface area contributed by atoms with Crippen LogP contribution in [0.5, 0.6) is 0 Å². The maximum Gasteiger partial charge on any atom is 0.171 e. The first kappa shape index (κ1) is 11.9. The molecule has 1 aliphatic rings. The largest absolute Gasteiger partial charge is 0.394 e. The summed E-state index contributed by atoms with van der Waals surface area (Å²) < 4.78 is 11.3. The van der Waals surface area contributed by atoms with Gasteiger partial charge in [-0.05, 0) is 6.92 Å². The summed E-state index contributed by atoms with van der Waals surface area (Å²) in [4.78, 5) is 0. The van der Waals surface area contributed by atoms with E-state index < -0.39 is 18.0 Å². The van der Waals surface area contributed by atoms with Crippen molar-refractivity contribution >= 4 is 0 Å². The molecule has 0 aromatic rings. The second-order valence-electron chi connectivity index (χ2n) is 4.87. The Morgan fingerprint density at radius 1 is 1.07 bits per heavy atom. The van der Waals surface area contributed by atoms with E-state index in [1.54, 1.807) is 0 Å². The van der Waals surface area contributed by atoms with Gasteiger partial charge in [0.15, 0.2) is 5.79 Å². The molecular formula is C10H20O4.